The number of aromatic nitrogens is 2. The number of carboxylic acids is 1. The zero-order chi connectivity index (χ0) is 13.5. The smallest absolute Gasteiger partial charge is 0.322 e. The lowest BCUT2D eigenvalue weighted by atomic mass is 10.2. The molecule has 0 unspecified atom stereocenters. The maximum Gasteiger partial charge on any atom is 0.322 e. The van der Waals surface area contributed by atoms with Crippen molar-refractivity contribution in [1.29, 1.82) is 0 Å². The topological polar surface area (TPSA) is 92.5 Å². The summed E-state index contributed by atoms with van der Waals surface area (Å²) >= 11 is 0. The molecule has 1 aromatic heterocycles. The van der Waals surface area contributed by atoms with Crippen LogP contribution in [0.1, 0.15) is 18.5 Å². The Hall–Kier alpha value is -1.41. The molecule has 0 aliphatic carbocycles. The number of carbonyl (C=O) groups is 1. The second-order valence-corrected chi connectivity index (χ2v) is 6.22. The molecule has 1 saturated heterocycles. The lowest BCUT2D eigenvalue weighted by Crippen LogP contribution is -2.40. The Kier molecular flexibility index (Phi) is 3.16. The molecule has 2 heterocycles. The highest BCUT2D eigenvalue weighted by Gasteiger charge is 2.40. The molecule has 1 aromatic rings. The summed E-state index contributed by atoms with van der Waals surface area (Å²) in [7, 11) is -2.14. The van der Waals surface area contributed by atoms with Crippen LogP contribution < -0.4 is 0 Å². The van der Waals surface area contributed by atoms with Crippen molar-refractivity contribution in [3.05, 3.63) is 11.9 Å². The van der Waals surface area contributed by atoms with Crippen LogP contribution in [0.5, 0.6) is 0 Å². The van der Waals surface area contributed by atoms with Gasteiger partial charge in [-0.25, -0.2) is 8.42 Å². The van der Waals surface area contributed by atoms with E-state index in [1.165, 1.54) is 10.9 Å². The van der Waals surface area contributed by atoms with Crippen LogP contribution in [0.2, 0.25) is 0 Å². The van der Waals surface area contributed by atoms with Gasteiger partial charge in [-0.3, -0.25) is 9.48 Å². The average Bonchev–Trinajstić information content (AvgIpc) is 2.84. The van der Waals surface area contributed by atoms with Crippen molar-refractivity contribution in [1.82, 2.24) is 14.1 Å². The molecular formula is C10H15N3O4S. The molecule has 0 aromatic carbocycles. The Morgan fingerprint density at radius 3 is 2.72 bits per heavy atom. The van der Waals surface area contributed by atoms with Gasteiger partial charge < -0.3 is 5.11 Å². The van der Waals surface area contributed by atoms with Crippen LogP contribution in [0.15, 0.2) is 11.1 Å². The van der Waals surface area contributed by atoms with Gasteiger partial charge in [0.2, 0.25) is 10.0 Å². The highest BCUT2D eigenvalue weighted by molar-refractivity contribution is 7.89. The molecule has 18 heavy (non-hydrogen) atoms. The van der Waals surface area contributed by atoms with Gasteiger partial charge in [-0.15, -0.1) is 0 Å². The molecule has 7 nitrogen and oxygen atoms in total. The molecule has 1 atom stereocenters. The number of aryl methyl sites for hydroxylation is 2. The van der Waals surface area contributed by atoms with Crippen molar-refractivity contribution in [3.63, 3.8) is 0 Å². The normalized spacial score (nSPS) is 21.3. The molecule has 0 amide bonds. The standard InChI is InChI=1S/C10H15N3O4S/c1-7-9(6-12(2)11-7)18(16,17)13-5-3-4-8(13)10(14)15/h6,8H,3-5H2,1-2H3,(H,14,15)/t8-/m1/s1. The number of sulfonamides is 1. The van der Waals surface area contributed by atoms with E-state index in [1.54, 1.807) is 14.0 Å². The summed E-state index contributed by atoms with van der Waals surface area (Å²) in [4.78, 5) is 11.1. The Morgan fingerprint density at radius 2 is 2.22 bits per heavy atom. The van der Waals surface area contributed by atoms with Crippen molar-refractivity contribution in [2.45, 2.75) is 30.7 Å². The molecule has 0 spiro atoms. The Bertz CT molecular complexity index is 578. The minimum Gasteiger partial charge on any atom is -0.480 e. The first-order valence-electron chi connectivity index (χ1n) is 5.59. The predicted octanol–water partition coefficient (Wildman–Crippen LogP) is -0.0338. The van der Waals surface area contributed by atoms with Crippen LogP contribution in [0, 0.1) is 6.92 Å². The number of hydrogen-bond acceptors (Lipinski definition) is 4. The van der Waals surface area contributed by atoms with E-state index in [0.717, 1.165) is 4.31 Å². The van der Waals surface area contributed by atoms with Gasteiger partial charge in [-0.05, 0) is 19.8 Å². The Morgan fingerprint density at radius 1 is 1.56 bits per heavy atom. The highest BCUT2D eigenvalue weighted by Crippen LogP contribution is 2.27. The molecule has 1 N–H and O–H groups in total. The number of hydrogen-bond donors (Lipinski definition) is 1. The van der Waals surface area contributed by atoms with Crippen LogP contribution >= 0.6 is 0 Å². The van der Waals surface area contributed by atoms with Crippen LogP contribution in [-0.2, 0) is 21.9 Å². The maximum absolute atomic E-state index is 12.4. The van der Waals surface area contributed by atoms with Crippen LogP contribution in [0.25, 0.3) is 0 Å². The third kappa shape index (κ3) is 2.01. The summed E-state index contributed by atoms with van der Waals surface area (Å²) in [6, 6.07) is -0.963. The van der Waals surface area contributed by atoms with Crippen LogP contribution in [-0.4, -0.2) is 46.2 Å². The van der Waals surface area contributed by atoms with Gasteiger partial charge in [-0.1, -0.05) is 0 Å². The van der Waals surface area contributed by atoms with Crippen LogP contribution in [0.4, 0.5) is 0 Å². The van der Waals surface area contributed by atoms with E-state index in [0.29, 0.717) is 18.5 Å². The van der Waals surface area contributed by atoms with Gasteiger partial charge in [0, 0.05) is 19.8 Å². The third-order valence-corrected chi connectivity index (χ3v) is 5.05. The average molecular weight is 273 g/mol. The molecule has 1 fully saturated rings. The minimum absolute atomic E-state index is 0.0816. The molecule has 0 radical (unpaired) electrons. The zero-order valence-corrected chi connectivity index (χ0v) is 11.0. The van der Waals surface area contributed by atoms with Gasteiger partial charge in [0.05, 0.1) is 5.69 Å². The summed E-state index contributed by atoms with van der Waals surface area (Å²) in [6.07, 6.45) is 2.32. The van der Waals surface area contributed by atoms with Crippen LogP contribution in [0.3, 0.4) is 0 Å². The van der Waals surface area contributed by atoms with Crippen molar-refractivity contribution in [2.24, 2.45) is 7.05 Å². The van der Waals surface area contributed by atoms with Crippen molar-refractivity contribution in [3.8, 4) is 0 Å². The summed E-state index contributed by atoms with van der Waals surface area (Å²) in [5.41, 5.74) is 0.383. The van der Waals surface area contributed by atoms with Gasteiger partial charge in [-0.2, -0.15) is 9.40 Å². The van der Waals surface area contributed by atoms with Gasteiger partial charge in [0.15, 0.2) is 0 Å². The largest absolute Gasteiger partial charge is 0.480 e. The Labute approximate surface area is 105 Å². The zero-order valence-electron chi connectivity index (χ0n) is 10.2. The number of carboxylic acid groups (broad SMARTS) is 1. The lowest BCUT2D eigenvalue weighted by Gasteiger charge is -2.20. The maximum atomic E-state index is 12.4. The molecule has 0 bridgehead atoms. The van der Waals surface area contributed by atoms with E-state index >= 15 is 0 Å². The molecular weight excluding hydrogens is 258 g/mol. The molecule has 8 heteroatoms. The third-order valence-electron chi connectivity index (χ3n) is 3.04. The van der Waals surface area contributed by atoms with Crippen molar-refractivity contribution >= 4 is 16.0 Å². The Balaban J connectivity index is 2.43. The van der Waals surface area contributed by atoms with E-state index in [4.69, 9.17) is 5.11 Å². The molecule has 100 valence electrons. The van der Waals surface area contributed by atoms with E-state index in [-0.39, 0.29) is 11.4 Å². The number of aliphatic carboxylic acids is 1. The second kappa shape index (κ2) is 4.36. The summed E-state index contributed by atoms with van der Waals surface area (Å²) in [5, 5.41) is 13.0. The fraction of sp³-hybridized carbons (Fsp3) is 0.600. The highest BCUT2D eigenvalue weighted by atomic mass is 32.2. The van der Waals surface area contributed by atoms with E-state index in [2.05, 4.69) is 5.10 Å². The summed E-state index contributed by atoms with van der Waals surface area (Å²) < 4.78 is 27.3. The minimum atomic E-state index is -3.77. The predicted molar refractivity (Wildman–Crippen MR) is 62.5 cm³/mol. The number of nitrogens with zero attached hydrogens (tertiary/aromatic N) is 3. The van der Waals surface area contributed by atoms with Gasteiger partial charge in [0.1, 0.15) is 10.9 Å². The summed E-state index contributed by atoms with van der Waals surface area (Å²) in [5.74, 6) is -1.10. The molecule has 2 rings (SSSR count). The SMILES string of the molecule is Cc1nn(C)cc1S(=O)(=O)N1CCC[C@@H]1C(=O)O. The second-order valence-electron chi connectivity index (χ2n) is 4.36. The fourth-order valence-electron chi connectivity index (χ4n) is 2.23. The van der Waals surface area contributed by atoms with Gasteiger partial charge >= 0.3 is 5.97 Å². The monoisotopic (exact) mass is 273 g/mol. The fourth-order valence-corrected chi connectivity index (χ4v) is 4.08. The van der Waals surface area contributed by atoms with E-state index in [1.807, 2.05) is 0 Å². The first kappa shape index (κ1) is 13.0. The molecule has 1 aliphatic heterocycles. The van der Waals surface area contributed by atoms with Crippen molar-refractivity contribution < 1.29 is 18.3 Å². The number of rotatable bonds is 3. The first-order valence-corrected chi connectivity index (χ1v) is 7.03. The first-order chi connectivity index (χ1) is 8.34. The van der Waals surface area contributed by atoms with Gasteiger partial charge in [0.25, 0.3) is 0 Å². The summed E-state index contributed by atoms with van der Waals surface area (Å²) in [6.45, 7) is 1.84. The molecule has 0 saturated carbocycles. The lowest BCUT2D eigenvalue weighted by molar-refractivity contribution is -0.140. The van der Waals surface area contributed by atoms with E-state index < -0.39 is 22.0 Å². The van der Waals surface area contributed by atoms with E-state index in [9.17, 15) is 13.2 Å². The molecule has 1 aliphatic rings. The quantitative estimate of drug-likeness (QED) is 0.834. The van der Waals surface area contributed by atoms with Crippen molar-refractivity contribution in [2.75, 3.05) is 6.54 Å².